The predicted octanol–water partition coefficient (Wildman–Crippen LogP) is -0.408. The Hall–Kier alpha value is -2.70. The number of nitrogen functional groups attached to an aromatic ring is 1. The number of halogens is 1. The van der Waals surface area contributed by atoms with Gasteiger partial charge in [0, 0.05) is 12.1 Å². The number of nitrogens with one attached hydrogen (secondary N) is 1. The van der Waals surface area contributed by atoms with E-state index in [1.807, 2.05) is 0 Å². The van der Waals surface area contributed by atoms with Gasteiger partial charge in [-0.2, -0.15) is 0 Å². The van der Waals surface area contributed by atoms with Gasteiger partial charge in [0.2, 0.25) is 11.7 Å². The van der Waals surface area contributed by atoms with Crippen LogP contribution in [0.5, 0.6) is 5.75 Å². The number of nitrogens with zero attached hydrogens (tertiary/aromatic N) is 3. The van der Waals surface area contributed by atoms with E-state index in [0.717, 1.165) is 0 Å². The number of methoxy groups -OCH3 is 1. The van der Waals surface area contributed by atoms with Crippen molar-refractivity contribution in [2.45, 2.75) is 31.1 Å². The second-order valence-corrected chi connectivity index (χ2v) is 7.52. The van der Waals surface area contributed by atoms with E-state index < -0.39 is 30.1 Å². The summed E-state index contributed by atoms with van der Waals surface area (Å²) in [4.78, 5) is 19.4. The SMILES string of the molecule is CO[C@@H]1[C@H](O)[C@@H](CO)O[C@H]1[n+]1cn(CCOc2ccc(Cl)cc2)c2c(=O)[nH]c(N)nc21. The summed E-state index contributed by atoms with van der Waals surface area (Å²) in [5.41, 5.74) is 5.83. The highest BCUT2D eigenvalue weighted by molar-refractivity contribution is 6.30. The van der Waals surface area contributed by atoms with Crippen LogP contribution in [0.2, 0.25) is 5.02 Å². The molecule has 1 saturated heterocycles. The number of ether oxygens (including phenoxy) is 3. The molecule has 1 aliphatic rings. The largest absolute Gasteiger partial charge is 0.490 e. The van der Waals surface area contributed by atoms with Gasteiger partial charge in [-0.25, -0.2) is 4.57 Å². The molecule has 0 aliphatic carbocycles. The molecule has 11 nitrogen and oxygen atoms in total. The molecule has 1 aromatic carbocycles. The van der Waals surface area contributed by atoms with Gasteiger partial charge < -0.3 is 30.2 Å². The van der Waals surface area contributed by atoms with E-state index in [9.17, 15) is 15.0 Å². The number of H-pyrrole nitrogens is 1. The first-order valence-electron chi connectivity index (χ1n) is 9.58. The first kappa shape index (κ1) is 21.5. The van der Waals surface area contributed by atoms with E-state index in [2.05, 4.69) is 9.97 Å². The number of aromatic nitrogens is 4. The number of anilines is 1. The number of hydrogen-bond acceptors (Lipinski definition) is 8. The lowest BCUT2D eigenvalue weighted by molar-refractivity contribution is -0.746. The number of aliphatic hydroxyl groups is 2. The topological polar surface area (TPSA) is 149 Å². The molecule has 4 rings (SSSR count). The summed E-state index contributed by atoms with van der Waals surface area (Å²) < 4.78 is 20.1. The molecule has 3 heterocycles. The molecule has 0 bridgehead atoms. The predicted molar refractivity (Wildman–Crippen MR) is 110 cm³/mol. The number of nitrogens with two attached hydrogens (primary N) is 1. The van der Waals surface area contributed by atoms with Crippen molar-refractivity contribution in [3.63, 3.8) is 0 Å². The van der Waals surface area contributed by atoms with E-state index in [4.69, 9.17) is 31.5 Å². The van der Waals surface area contributed by atoms with Crippen molar-refractivity contribution in [1.29, 1.82) is 0 Å². The van der Waals surface area contributed by atoms with Crippen LogP contribution in [-0.4, -0.2) is 63.4 Å². The first-order valence-corrected chi connectivity index (χ1v) is 9.96. The summed E-state index contributed by atoms with van der Waals surface area (Å²) in [5, 5.41) is 20.5. The highest BCUT2D eigenvalue weighted by Gasteiger charge is 2.48. The summed E-state index contributed by atoms with van der Waals surface area (Å²) in [7, 11) is 1.43. The maximum atomic E-state index is 12.6. The lowest BCUT2D eigenvalue weighted by Gasteiger charge is -2.16. The molecular weight excluding hydrogens is 430 g/mol. The third-order valence-corrected chi connectivity index (χ3v) is 5.40. The second-order valence-electron chi connectivity index (χ2n) is 7.08. The lowest BCUT2D eigenvalue weighted by atomic mass is 10.1. The third kappa shape index (κ3) is 4.10. The molecule has 12 heteroatoms. The second kappa shape index (κ2) is 8.81. The Bertz CT molecular complexity index is 1120. The van der Waals surface area contributed by atoms with Crippen molar-refractivity contribution < 1.29 is 29.0 Å². The number of benzene rings is 1. The Morgan fingerprint density at radius 1 is 1.39 bits per heavy atom. The first-order chi connectivity index (χ1) is 14.9. The number of fused-ring (bicyclic) bond motifs is 1. The van der Waals surface area contributed by atoms with Crippen LogP contribution in [0.25, 0.3) is 11.2 Å². The van der Waals surface area contributed by atoms with Crippen molar-refractivity contribution in [3.05, 3.63) is 46.0 Å². The minimum Gasteiger partial charge on any atom is -0.490 e. The van der Waals surface area contributed by atoms with E-state index in [1.165, 1.54) is 7.11 Å². The van der Waals surface area contributed by atoms with E-state index >= 15 is 0 Å². The number of rotatable bonds is 7. The average molecular weight is 453 g/mol. The van der Waals surface area contributed by atoms with Gasteiger partial charge in [-0.15, -0.1) is 0 Å². The van der Waals surface area contributed by atoms with Gasteiger partial charge >= 0.3 is 5.65 Å². The summed E-state index contributed by atoms with van der Waals surface area (Å²) in [5.74, 6) is 0.574. The molecule has 31 heavy (non-hydrogen) atoms. The van der Waals surface area contributed by atoms with Gasteiger partial charge in [0.15, 0.2) is 6.33 Å². The third-order valence-electron chi connectivity index (χ3n) is 5.14. The molecule has 4 atom stereocenters. The summed E-state index contributed by atoms with van der Waals surface area (Å²) in [6.45, 7) is 0.190. The van der Waals surface area contributed by atoms with Crippen molar-refractivity contribution >= 4 is 28.7 Å². The molecule has 2 aromatic heterocycles. The molecule has 1 fully saturated rings. The van der Waals surface area contributed by atoms with Gasteiger partial charge in [0.1, 0.15) is 37.2 Å². The monoisotopic (exact) mass is 452 g/mol. The van der Waals surface area contributed by atoms with Crippen LogP contribution < -0.4 is 20.6 Å². The van der Waals surface area contributed by atoms with Gasteiger partial charge in [0.25, 0.3) is 11.5 Å². The van der Waals surface area contributed by atoms with Crippen molar-refractivity contribution in [2.24, 2.45) is 0 Å². The molecule has 166 valence electrons. The molecule has 0 saturated carbocycles. The zero-order valence-electron chi connectivity index (χ0n) is 16.6. The Kier molecular flexibility index (Phi) is 6.12. The van der Waals surface area contributed by atoms with Gasteiger partial charge in [-0.05, 0) is 24.3 Å². The van der Waals surface area contributed by atoms with Crippen molar-refractivity contribution in [1.82, 2.24) is 14.5 Å². The standard InChI is InChI=1S/C19H22ClN5O6/c1-29-15-14(27)12(8-26)31-18(15)25-9-24(13-16(25)22-19(21)23-17(13)28)6-7-30-11-4-2-10(20)3-5-11/h2-5,9,12,14-15,18,26-27H,6-8H2,1H3,(H2-,21,22,23,28)/p+1/t12-,14-,15-,18-/m1/s1. The van der Waals surface area contributed by atoms with Crippen LogP contribution in [0.4, 0.5) is 5.95 Å². The van der Waals surface area contributed by atoms with E-state index in [-0.39, 0.29) is 30.3 Å². The fourth-order valence-corrected chi connectivity index (χ4v) is 3.80. The van der Waals surface area contributed by atoms with Crippen LogP contribution in [0.1, 0.15) is 6.23 Å². The van der Waals surface area contributed by atoms with Gasteiger partial charge in [0.05, 0.1) is 6.61 Å². The summed E-state index contributed by atoms with van der Waals surface area (Å²) in [6, 6.07) is 6.94. The molecular formula is C19H23ClN5O6+. The smallest absolute Gasteiger partial charge is 0.313 e. The minimum atomic E-state index is -1.06. The Labute approximate surface area is 181 Å². The van der Waals surface area contributed by atoms with Crippen molar-refractivity contribution in [3.8, 4) is 5.75 Å². The fourth-order valence-electron chi connectivity index (χ4n) is 3.67. The van der Waals surface area contributed by atoms with E-state index in [0.29, 0.717) is 17.3 Å². The zero-order chi connectivity index (χ0) is 22.1. The minimum absolute atomic E-state index is 0.0624. The molecule has 0 spiro atoms. The Morgan fingerprint density at radius 2 is 2.13 bits per heavy atom. The van der Waals surface area contributed by atoms with Crippen LogP contribution in [-0.2, 0) is 16.0 Å². The summed E-state index contributed by atoms with van der Waals surface area (Å²) >= 11 is 5.88. The van der Waals surface area contributed by atoms with Crippen LogP contribution >= 0.6 is 11.6 Å². The highest BCUT2D eigenvalue weighted by atomic mass is 35.5. The Balaban J connectivity index is 1.67. The van der Waals surface area contributed by atoms with Crippen LogP contribution in [0, 0.1) is 0 Å². The van der Waals surface area contributed by atoms with E-state index in [1.54, 1.807) is 39.7 Å². The number of aliphatic hydroxyl groups excluding tert-OH is 2. The maximum absolute atomic E-state index is 12.6. The normalized spacial score (nSPS) is 23.5. The average Bonchev–Trinajstić information content (AvgIpc) is 3.26. The maximum Gasteiger partial charge on any atom is 0.313 e. The van der Waals surface area contributed by atoms with Crippen LogP contribution in [0.3, 0.4) is 0 Å². The molecule has 0 radical (unpaired) electrons. The Morgan fingerprint density at radius 3 is 2.81 bits per heavy atom. The molecule has 1 aliphatic heterocycles. The van der Waals surface area contributed by atoms with Gasteiger partial charge in [-0.3, -0.25) is 14.3 Å². The molecule has 3 aromatic rings. The highest BCUT2D eigenvalue weighted by Crippen LogP contribution is 2.28. The van der Waals surface area contributed by atoms with Gasteiger partial charge in [-0.1, -0.05) is 16.6 Å². The molecule has 0 unspecified atom stereocenters. The quantitative estimate of drug-likeness (QED) is 0.353. The van der Waals surface area contributed by atoms with Crippen LogP contribution in [0.15, 0.2) is 35.4 Å². The number of imidazole rings is 1. The molecule has 0 amide bonds. The number of aromatic amines is 1. The fraction of sp³-hybridized carbons (Fsp3) is 0.421. The lowest BCUT2D eigenvalue weighted by Crippen LogP contribution is -2.47. The summed E-state index contributed by atoms with van der Waals surface area (Å²) in [6.07, 6.45) is -1.88. The molecule has 5 N–H and O–H groups in total. The zero-order valence-corrected chi connectivity index (χ0v) is 17.4. The number of hydrogen-bond donors (Lipinski definition) is 4. The van der Waals surface area contributed by atoms with Crippen molar-refractivity contribution in [2.75, 3.05) is 26.1 Å².